The van der Waals surface area contributed by atoms with Crippen molar-refractivity contribution in [1.82, 2.24) is 0 Å². The van der Waals surface area contributed by atoms with Gasteiger partial charge in [0.15, 0.2) is 0 Å². The van der Waals surface area contributed by atoms with Crippen molar-refractivity contribution in [2.45, 2.75) is 0 Å². The lowest BCUT2D eigenvalue weighted by Crippen LogP contribution is -1.80. The van der Waals surface area contributed by atoms with Crippen molar-refractivity contribution in [3.63, 3.8) is 0 Å². The summed E-state index contributed by atoms with van der Waals surface area (Å²) in [5.41, 5.74) is 0.556. The van der Waals surface area contributed by atoms with Crippen LogP contribution in [0, 0.1) is 14.9 Å². The topological polar surface area (TPSA) is 23.8 Å². The van der Waals surface area contributed by atoms with Crippen LogP contribution in [0.4, 0.5) is 0 Å². The van der Waals surface area contributed by atoms with E-state index in [4.69, 9.17) is 16.9 Å². The third-order valence-electron chi connectivity index (χ3n) is 1.75. The lowest BCUT2D eigenvalue weighted by molar-refractivity contribution is 1.49. The number of hydrogen-bond acceptors (Lipinski definition) is 2. The van der Waals surface area contributed by atoms with Crippen LogP contribution in [-0.4, -0.2) is 0 Å². The van der Waals surface area contributed by atoms with E-state index in [0.29, 0.717) is 10.6 Å². The number of benzene rings is 1. The molecule has 0 aliphatic rings. The van der Waals surface area contributed by atoms with E-state index in [2.05, 4.69) is 28.7 Å². The van der Waals surface area contributed by atoms with Gasteiger partial charge in [0.1, 0.15) is 6.07 Å². The van der Waals surface area contributed by atoms with E-state index in [0.717, 1.165) is 13.7 Å². The first-order chi connectivity index (χ1) is 6.24. The Morgan fingerprint density at radius 2 is 2.31 bits per heavy atom. The Labute approximate surface area is 98.1 Å². The summed E-state index contributed by atoms with van der Waals surface area (Å²) in [4.78, 5) is 0. The van der Waals surface area contributed by atoms with Gasteiger partial charge in [-0.3, -0.25) is 0 Å². The maximum absolute atomic E-state index is 8.81. The highest BCUT2D eigenvalue weighted by Gasteiger charge is 2.09. The summed E-state index contributed by atoms with van der Waals surface area (Å²) in [6.07, 6.45) is 0. The molecule has 0 amide bonds. The Kier molecular flexibility index (Phi) is 2.45. The molecule has 0 spiro atoms. The maximum atomic E-state index is 8.81. The molecule has 0 saturated heterocycles. The number of fused-ring (bicyclic) bond motifs is 1. The molecule has 0 unspecified atom stereocenters. The van der Waals surface area contributed by atoms with Crippen LogP contribution in [0.15, 0.2) is 17.5 Å². The lowest BCUT2D eigenvalue weighted by Gasteiger charge is -1.99. The van der Waals surface area contributed by atoms with Crippen LogP contribution in [0.5, 0.6) is 0 Å². The molecule has 0 aliphatic carbocycles. The summed E-state index contributed by atoms with van der Waals surface area (Å²) in [6.45, 7) is 0. The predicted molar refractivity (Wildman–Crippen MR) is 64.3 cm³/mol. The fraction of sp³-hybridized carbons (Fsp3) is 0. The van der Waals surface area contributed by atoms with Crippen molar-refractivity contribution in [2.24, 2.45) is 0 Å². The van der Waals surface area contributed by atoms with Crippen LogP contribution in [-0.2, 0) is 0 Å². The molecular weight excluding hydrogens is 317 g/mol. The van der Waals surface area contributed by atoms with Crippen LogP contribution < -0.4 is 0 Å². The van der Waals surface area contributed by atoms with E-state index in [9.17, 15) is 0 Å². The van der Waals surface area contributed by atoms with Crippen LogP contribution in [0.1, 0.15) is 5.56 Å². The fourth-order valence-corrected chi connectivity index (χ4v) is 3.27. The van der Waals surface area contributed by atoms with Crippen molar-refractivity contribution >= 4 is 55.6 Å². The SMILES string of the molecule is N#Cc1cc(I)c2ccsc2c1Cl. The largest absolute Gasteiger partial charge is 0.192 e. The maximum Gasteiger partial charge on any atom is 0.101 e. The second-order valence-corrected chi connectivity index (χ2v) is 4.95. The number of rotatable bonds is 0. The van der Waals surface area contributed by atoms with Crippen LogP contribution in [0.3, 0.4) is 0 Å². The zero-order chi connectivity index (χ0) is 9.42. The molecule has 0 fully saturated rings. The normalized spacial score (nSPS) is 10.2. The molecule has 2 aromatic rings. The first kappa shape index (κ1) is 9.25. The molecule has 0 radical (unpaired) electrons. The van der Waals surface area contributed by atoms with Gasteiger partial charge < -0.3 is 0 Å². The predicted octanol–water partition coefficient (Wildman–Crippen LogP) is 4.03. The number of hydrogen-bond donors (Lipinski definition) is 0. The molecule has 13 heavy (non-hydrogen) atoms. The molecule has 0 aliphatic heterocycles. The number of thiophene rings is 1. The summed E-state index contributed by atoms with van der Waals surface area (Å²) in [5.74, 6) is 0. The first-order valence-electron chi connectivity index (χ1n) is 3.49. The van der Waals surface area contributed by atoms with E-state index in [1.165, 1.54) is 0 Å². The van der Waals surface area contributed by atoms with Gasteiger partial charge in [-0.1, -0.05) is 11.6 Å². The van der Waals surface area contributed by atoms with Crippen molar-refractivity contribution in [2.75, 3.05) is 0 Å². The second kappa shape index (κ2) is 3.45. The standard InChI is InChI=1S/C9H3ClINS/c10-8-5(4-12)3-7(11)6-1-2-13-9(6)8/h1-3H. The zero-order valence-electron chi connectivity index (χ0n) is 6.34. The van der Waals surface area contributed by atoms with Gasteiger partial charge in [0.05, 0.1) is 15.3 Å². The molecule has 0 bridgehead atoms. The molecule has 1 aromatic carbocycles. The quantitative estimate of drug-likeness (QED) is 0.673. The minimum atomic E-state index is 0.556. The second-order valence-electron chi connectivity index (χ2n) is 2.50. The smallest absolute Gasteiger partial charge is 0.101 e. The van der Waals surface area contributed by atoms with Gasteiger partial charge >= 0.3 is 0 Å². The Balaban J connectivity index is 2.95. The van der Waals surface area contributed by atoms with Crippen LogP contribution in [0.2, 0.25) is 5.02 Å². The van der Waals surface area contributed by atoms with Gasteiger partial charge in [0, 0.05) is 8.96 Å². The van der Waals surface area contributed by atoms with E-state index >= 15 is 0 Å². The highest BCUT2D eigenvalue weighted by Crippen LogP contribution is 2.34. The Bertz CT molecular complexity index is 512. The van der Waals surface area contributed by atoms with Gasteiger partial charge in [-0.05, 0) is 40.1 Å². The average Bonchev–Trinajstić information content (AvgIpc) is 2.60. The van der Waals surface area contributed by atoms with Gasteiger partial charge in [0.25, 0.3) is 0 Å². The minimum absolute atomic E-state index is 0.556. The summed E-state index contributed by atoms with van der Waals surface area (Å²) < 4.78 is 2.08. The highest BCUT2D eigenvalue weighted by atomic mass is 127. The van der Waals surface area contributed by atoms with Crippen molar-refractivity contribution < 1.29 is 0 Å². The Morgan fingerprint density at radius 3 is 3.00 bits per heavy atom. The van der Waals surface area contributed by atoms with E-state index < -0.39 is 0 Å². The van der Waals surface area contributed by atoms with Crippen molar-refractivity contribution in [3.8, 4) is 6.07 Å². The van der Waals surface area contributed by atoms with Gasteiger partial charge in [-0.15, -0.1) is 11.3 Å². The Morgan fingerprint density at radius 1 is 1.54 bits per heavy atom. The number of halogens is 2. The number of nitrogens with zero attached hydrogens (tertiary/aromatic N) is 1. The molecule has 0 saturated carbocycles. The zero-order valence-corrected chi connectivity index (χ0v) is 10.1. The van der Waals surface area contributed by atoms with Gasteiger partial charge in [-0.25, -0.2) is 0 Å². The molecule has 4 heteroatoms. The summed E-state index contributed by atoms with van der Waals surface area (Å²) in [7, 11) is 0. The monoisotopic (exact) mass is 319 g/mol. The summed E-state index contributed by atoms with van der Waals surface area (Å²) in [6, 6.07) is 5.93. The number of nitriles is 1. The molecule has 0 N–H and O–H groups in total. The first-order valence-corrected chi connectivity index (χ1v) is 5.83. The minimum Gasteiger partial charge on any atom is -0.192 e. The van der Waals surface area contributed by atoms with E-state index in [1.54, 1.807) is 11.3 Å². The van der Waals surface area contributed by atoms with Crippen molar-refractivity contribution in [1.29, 1.82) is 5.26 Å². The van der Waals surface area contributed by atoms with Crippen molar-refractivity contribution in [3.05, 3.63) is 31.7 Å². The highest BCUT2D eigenvalue weighted by molar-refractivity contribution is 14.1. The molecule has 1 aromatic heterocycles. The third-order valence-corrected chi connectivity index (χ3v) is 4.08. The van der Waals surface area contributed by atoms with Gasteiger partial charge in [-0.2, -0.15) is 5.26 Å². The lowest BCUT2D eigenvalue weighted by atomic mass is 10.2. The summed E-state index contributed by atoms with van der Waals surface area (Å²) in [5, 5.41) is 12.5. The fourth-order valence-electron chi connectivity index (χ4n) is 1.14. The Hall–Kier alpha value is -0.310. The van der Waals surface area contributed by atoms with E-state index in [-0.39, 0.29) is 0 Å². The van der Waals surface area contributed by atoms with Gasteiger partial charge in [0.2, 0.25) is 0 Å². The summed E-state index contributed by atoms with van der Waals surface area (Å²) >= 11 is 9.83. The third kappa shape index (κ3) is 1.43. The molecular formula is C9H3ClINS. The molecule has 2 rings (SSSR count). The molecule has 1 heterocycles. The molecule has 0 atom stereocenters. The molecule has 64 valence electrons. The van der Waals surface area contributed by atoms with E-state index in [1.807, 2.05) is 17.5 Å². The average molecular weight is 320 g/mol. The molecule has 1 nitrogen and oxygen atoms in total. The van der Waals surface area contributed by atoms with Crippen LogP contribution in [0.25, 0.3) is 10.1 Å². The van der Waals surface area contributed by atoms with Crippen LogP contribution >= 0.6 is 45.5 Å².